The highest BCUT2D eigenvalue weighted by atomic mass is 19.1. The molecule has 0 bridgehead atoms. The lowest BCUT2D eigenvalue weighted by Gasteiger charge is -2.15. The molecule has 0 saturated carbocycles. The van der Waals surface area contributed by atoms with E-state index in [1.165, 1.54) is 12.1 Å². The number of aromatic nitrogens is 1. The molecule has 0 spiro atoms. The normalized spacial score (nSPS) is 13.3. The molecule has 1 atom stereocenters. The molecule has 2 heterocycles. The van der Waals surface area contributed by atoms with E-state index in [0.29, 0.717) is 33.7 Å². The number of aliphatic carboxylic acids is 1. The van der Waals surface area contributed by atoms with E-state index in [9.17, 15) is 19.1 Å². The van der Waals surface area contributed by atoms with E-state index in [-0.39, 0.29) is 13.2 Å². The summed E-state index contributed by atoms with van der Waals surface area (Å²) in [4.78, 5) is 26.8. The molecule has 2 aromatic carbocycles. The van der Waals surface area contributed by atoms with Gasteiger partial charge in [0.1, 0.15) is 11.9 Å². The van der Waals surface area contributed by atoms with E-state index in [2.05, 4.69) is 15.6 Å². The number of carbonyl (C=O) groups is 2. The van der Waals surface area contributed by atoms with E-state index in [4.69, 9.17) is 9.47 Å². The number of hydrogen-bond donors (Lipinski definition) is 4. The van der Waals surface area contributed by atoms with Gasteiger partial charge in [0, 0.05) is 35.3 Å². The molecule has 1 aromatic heterocycles. The van der Waals surface area contributed by atoms with Gasteiger partial charge in [-0.1, -0.05) is 0 Å². The number of aromatic amines is 1. The number of carbonyl (C=O) groups excluding carboxylic acids is 1. The third-order valence-corrected chi connectivity index (χ3v) is 4.39. The second kappa shape index (κ2) is 7.10. The molecule has 0 radical (unpaired) electrons. The average Bonchev–Trinajstić information content (AvgIpc) is 3.27. The predicted molar refractivity (Wildman–Crippen MR) is 98.1 cm³/mol. The number of rotatable bonds is 5. The molecule has 9 heteroatoms. The van der Waals surface area contributed by atoms with Crippen molar-refractivity contribution in [2.45, 2.75) is 12.5 Å². The summed E-state index contributed by atoms with van der Waals surface area (Å²) in [7, 11) is 0. The van der Waals surface area contributed by atoms with Crippen LogP contribution in [0.25, 0.3) is 10.9 Å². The summed E-state index contributed by atoms with van der Waals surface area (Å²) in [6.07, 6.45) is 1.65. The van der Waals surface area contributed by atoms with Crippen molar-refractivity contribution in [3.63, 3.8) is 0 Å². The Morgan fingerprint density at radius 3 is 2.82 bits per heavy atom. The lowest BCUT2D eigenvalue weighted by molar-refractivity contribution is -0.139. The van der Waals surface area contributed by atoms with Crippen LogP contribution in [0, 0.1) is 5.82 Å². The molecule has 1 aliphatic rings. The molecule has 0 fully saturated rings. The van der Waals surface area contributed by atoms with Gasteiger partial charge in [-0.3, -0.25) is 0 Å². The lowest BCUT2D eigenvalue weighted by Crippen LogP contribution is -2.44. The van der Waals surface area contributed by atoms with Crippen LogP contribution in [0.4, 0.5) is 14.9 Å². The van der Waals surface area contributed by atoms with Gasteiger partial charge in [-0.25, -0.2) is 14.0 Å². The Bertz CT molecular complexity index is 1060. The number of urea groups is 1. The van der Waals surface area contributed by atoms with Crippen molar-refractivity contribution in [3.05, 3.63) is 54.0 Å². The predicted octanol–water partition coefficient (Wildman–Crippen LogP) is 2.85. The third-order valence-electron chi connectivity index (χ3n) is 4.39. The first-order valence-corrected chi connectivity index (χ1v) is 8.45. The Kier molecular flexibility index (Phi) is 4.48. The zero-order valence-corrected chi connectivity index (χ0v) is 14.5. The first kappa shape index (κ1) is 17.7. The van der Waals surface area contributed by atoms with E-state index >= 15 is 0 Å². The summed E-state index contributed by atoms with van der Waals surface area (Å²) >= 11 is 0. The maximum Gasteiger partial charge on any atom is 0.326 e. The monoisotopic (exact) mass is 385 g/mol. The van der Waals surface area contributed by atoms with Gasteiger partial charge in [0.05, 0.1) is 0 Å². The molecule has 0 saturated heterocycles. The minimum atomic E-state index is -1.18. The van der Waals surface area contributed by atoms with Gasteiger partial charge in [-0.05, 0) is 35.9 Å². The average molecular weight is 385 g/mol. The first-order valence-electron chi connectivity index (χ1n) is 8.45. The number of amides is 2. The van der Waals surface area contributed by atoms with Crippen LogP contribution in [0.2, 0.25) is 0 Å². The highest BCUT2D eigenvalue weighted by molar-refractivity contribution is 5.93. The van der Waals surface area contributed by atoms with Crippen molar-refractivity contribution < 1.29 is 28.6 Å². The maximum absolute atomic E-state index is 13.3. The van der Waals surface area contributed by atoms with E-state index in [1.807, 2.05) is 0 Å². The SMILES string of the molecule is O=C(Nc1ccc2c(c1)OCO2)N[C@@H](Cc1c[nH]c2cc(F)ccc12)C(=O)O. The Labute approximate surface area is 158 Å². The van der Waals surface area contributed by atoms with Crippen LogP contribution in [0.3, 0.4) is 0 Å². The largest absolute Gasteiger partial charge is 0.480 e. The van der Waals surface area contributed by atoms with Gasteiger partial charge in [0.2, 0.25) is 6.79 Å². The van der Waals surface area contributed by atoms with Gasteiger partial charge >= 0.3 is 12.0 Å². The number of carboxylic acids is 1. The van der Waals surface area contributed by atoms with Crippen molar-refractivity contribution >= 4 is 28.6 Å². The smallest absolute Gasteiger partial charge is 0.326 e. The molecule has 1 aliphatic heterocycles. The summed E-state index contributed by atoms with van der Waals surface area (Å²) in [6, 6.07) is 7.22. The van der Waals surface area contributed by atoms with Crippen molar-refractivity contribution in [2.75, 3.05) is 12.1 Å². The Hall–Kier alpha value is -3.75. The quantitative estimate of drug-likeness (QED) is 0.540. The number of halogens is 1. The van der Waals surface area contributed by atoms with Gasteiger partial charge in [-0.15, -0.1) is 0 Å². The second-order valence-corrected chi connectivity index (χ2v) is 6.27. The Morgan fingerprint density at radius 2 is 2.00 bits per heavy atom. The number of anilines is 1. The molecule has 8 nitrogen and oxygen atoms in total. The number of H-pyrrole nitrogens is 1. The summed E-state index contributed by atoms with van der Waals surface area (Å²) in [5.41, 5.74) is 1.66. The minimum Gasteiger partial charge on any atom is -0.480 e. The third kappa shape index (κ3) is 3.54. The van der Waals surface area contributed by atoms with Crippen molar-refractivity contribution in [2.24, 2.45) is 0 Å². The lowest BCUT2D eigenvalue weighted by atomic mass is 10.1. The van der Waals surface area contributed by atoms with Crippen LogP contribution >= 0.6 is 0 Å². The van der Waals surface area contributed by atoms with Crippen LogP contribution in [0.5, 0.6) is 11.5 Å². The molecule has 4 N–H and O–H groups in total. The van der Waals surface area contributed by atoms with E-state index < -0.39 is 23.9 Å². The topological polar surface area (TPSA) is 113 Å². The molecule has 28 heavy (non-hydrogen) atoms. The summed E-state index contributed by atoms with van der Waals surface area (Å²) in [6.45, 7) is 0.112. The van der Waals surface area contributed by atoms with Gasteiger partial charge in [0.25, 0.3) is 0 Å². The Morgan fingerprint density at radius 1 is 1.18 bits per heavy atom. The van der Waals surface area contributed by atoms with Gasteiger partial charge in [-0.2, -0.15) is 0 Å². The number of nitrogens with one attached hydrogen (secondary N) is 3. The minimum absolute atomic E-state index is 0.0372. The number of carboxylic acid groups (broad SMARTS) is 1. The Balaban J connectivity index is 1.45. The second-order valence-electron chi connectivity index (χ2n) is 6.27. The number of hydrogen-bond acceptors (Lipinski definition) is 4. The number of fused-ring (bicyclic) bond motifs is 2. The zero-order valence-electron chi connectivity index (χ0n) is 14.5. The maximum atomic E-state index is 13.3. The fraction of sp³-hybridized carbons (Fsp3) is 0.158. The molecule has 3 aromatic rings. The fourth-order valence-corrected chi connectivity index (χ4v) is 3.05. The number of ether oxygens (including phenoxy) is 2. The molecule has 0 aliphatic carbocycles. The van der Waals surface area contributed by atoms with Crippen molar-refractivity contribution in [3.8, 4) is 11.5 Å². The standard InChI is InChI=1S/C19H16FN3O5/c20-11-1-3-13-10(8-21-14(13)6-11)5-15(18(24)25)23-19(26)22-12-2-4-16-17(7-12)28-9-27-16/h1-4,6-8,15,21H,5,9H2,(H,24,25)(H2,22,23,26)/t15-/m0/s1. The fourth-order valence-electron chi connectivity index (χ4n) is 3.05. The summed E-state index contributed by atoms with van der Waals surface area (Å²) in [5, 5.41) is 15.2. The highest BCUT2D eigenvalue weighted by Gasteiger charge is 2.22. The molecular weight excluding hydrogens is 369 g/mol. The van der Waals surface area contributed by atoms with E-state index in [0.717, 1.165) is 0 Å². The van der Waals surface area contributed by atoms with Crippen molar-refractivity contribution in [1.82, 2.24) is 10.3 Å². The molecule has 2 amide bonds. The van der Waals surface area contributed by atoms with Gasteiger partial charge < -0.3 is 30.2 Å². The van der Waals surface area contributed by atoms with Crippen LogP contribution in [-0.4, -0.2) is 34.9 Å². The molecule has 144 valence electrons. The van der Waals surface area contributed by atoms with E-state index in [1.54, 1.807) is 30.5 Å². The summed E-state index contributed by atoms with van der Waals surface area (Å²) in [5.74, 6) is -0.502. The molecular formula is C19H16FN3O5. The molecule has 0 unspecified atom stereocenters. The van der Waals surface area contributed by atoms with Gasteiger partial charge in [0.15, 0.2) is 11.5 Å². The van der Waals surface area contributed by atoms with Crippen LogP contribution in [0.1, 0.15) is 5.56 Å². The zero-order chi connectivity index (χ0) is 19.7. The molecule has 4 rings (SSSR count). The number of benzene rings is 2. The van der Waals surface area contributed by atoms with Crippen molar-refractivity contribution in [1.29, 1.82) is 0 Å². The van der Waals surface area contributed by atoms with Crippen LogP contribution < -0.4 is 20.1 Å². The first-order chi connectivity index (χ1) is 13.5. The highest BCUT2D eigenvalue weighted by Crippen LogP contribution is 2.34. The summed E-state index contributed by atoms with van der Waals surface area (Å²) < 4.78 is 23.7. The van der Waals surface area contributed by atoms with Crippen LogP contribution in [0.15, 0.2) is 42.6 Å². The van der Waals surface area contributed by atoms with Crippen LogP contribution in [-0.2, 0) is 11.2 Å².